The average molecular weight is 258 g/mol. The summed E-state index contributed by atoms with van der Waals surface area (Å²) in [5.41, 5.74) is 7.07. The topological polar surface area (TPSA) is 67.8 Å². The lowest BCUT2D eigenvalue weighted by Gasteiger charge is -2.05. The first-order valence-corrected chi connectivity index (χ1v) is 5.84. The van der Waals surface area contributed by atoms with Crippen LogP contribution in [0.3, 0.4) is 0 Å². The zero-order valence-corrected chi connectivity index (χ0v) is 11.0. The maximum atomic E-state index is 9.23. The van der Waals surface area contributed by atoms with Gasteiger partial charge in [0.05, 0.1) is 12.3 Å². The van der Waals surface area contributed by atoms with E-state index in [-0.39, 0.29) is 5.76 Å². The summed E-state index contributed by atoms with van der Waals surface area (Å²) in [5.74, 6) is 0.625. The van der Waals surface area contributed by atoms with Crippen molar-refractivity contribution in [2.24, 2.45) is 10.7 Å². The fraction of sp³-hybridized carbons (Fsp3) is 0.133. The Morgan fingerprint density at radius 2 is 2.21 bits per heavy atom. The average Bonchev–Trinajstić information content (AvgIpc) is 2.39. The van der Waals surface area contributed by atoms with E-state index in [9.17, 15) is 5.11 Å². The molecule has 19 heavy (non-hydrogen) atoms. The van der Waals surface area contributed by atoms with Crippen molar-refractivity contribution < 1.29 is 9.84 Å². The van der Waals surface area contributed by atoms with Crippen molar-refractivity contribution in [1.82, 2.24) is 0 Å². The molecule has 0 saturated heterocycles. The maximum Gasteiger partial charge on any atom is 0.119 e. The van der Waals surface area contributed by atoms with E-state index in [1.165, 1.54) is 12.4 Å². The van der Waals surface area contributed by atoms with E-state index in [1.54, 1.807) is 0 Å². The van der Waals surface area contributed by atoms with Gasteiger partial charge in [0, 0.05) is 23.6 Å². The molecule has 0 saturated carbocycles. The molecule has 100 valence electrons. The first kappa shape index (κ1) is 14.6. The fourth-order valence-electron chi connectivity index (χ4n) is 1.37. The van der Waals surface area contributed by atoms with Gasteiger partial charge in [-0.25, -0.2) is 0 Å². The smallest absolute Gasteiger partial charge is 0.119 e. The molecular weight excluding hydrogens is 240 g/mol. The second-order valence-electron chi connectivity index (χ2n) is 3.73. The number of hydrogen-bond acceptors (Lipinski definition) is 4. The number of nitrogens with two attached hydrogens (primary N) is 1. The minimum atomic E-state index is -0.137. The van der Waals surface area contributed by atoms with Gasteiger partial charge in [0.1, 0.15) is 11.5 Å². The molecule has 4 heteroatoms. The Morgan fingerprint density at radius 1 is 1.47 bits per heavy atom. The van der Waals surface area contributed by atoms with Crippen LogP contribution in [0.2, 0.25) is 0 Å². The molecule has 0 spiro atoms. The summed E-state index contributed by atoms with van der Waals surface area (Å²) in [7, 11) is 0. The van der Waals surface area contributed by atoms with Crippen LogP contribution in [0, 0.1) is 0 Å². The van der Waals surface area contributed by atoms with Gasteiger partial charge in [0.15, 0.2) is 0 Å². The van der Waals surface area contributed by atoms with Crippen molar-refractivity contribution in [3.63, 3.8) is 0 Å². The van der Waals surface area contributed by atoms with Gasteiger partial charge in [-0.15, -0.1) is 0 Å². The van der Waals surface area contributed by atoms with Crippen LogP contribution in [0.15, 0.2) is 59.9 Å². The van der Waals surface area contributed by atoms with E-state index < -0.39 is 0 Å². The largest absolute Gasteiger partial charge is 0.508 e. The molecule has 0 unspecified atom stereocenters. The second-order valence-corrected chi connectivity index (χ2v) is 3.73. The SMILES string of the molecule is C=C(O)C(/C=N\C(=C)c1cccc(OCC)c1)=C/N. The number of nitrogens with zero attached hydrogens (tertiary/aromatic N) is 1. The molecule has 0 aromatic heterocycles. The van der Waals surface area contributed by atoms with Crippen molar-refractivity contribution in [2.45, 2.75) is 6.92 Å². The van der Waals surface area contributed by atoms with Gasteiger partial charge >= 0.3 is 0 Å². The Balaban J connectivity index is 2.86. The summed E-state index contributed by atoms with van der Waals surface area (Å²) in [6.45, 7) is 9.76. The van der Waals surface area contributed by atoms with Crippen LogP contribution in [0.1, 0.15) is 12.5 Å². The van der Waals surface area contributed by atoms with E-state index in [2.05, 4.69) is 18.2 Å². The summed E-state index contributed by atoms with van der Waals surface area (Å²) in [6.07, 6.45) is 2.65. The van der Waals surface area contributed by atoms with Crippen LogP contribution < -0.4 is 10.5 Å². The lowest BCUT2D eigenvalue weighted by molar-refractivity contribution is 0.340. The summed E-state index contributed by atoms with van der Waals surface area (Å²) >= 11 is 0. The molecular formula is C15H18N2O2. The van der Waals surface area contributed by atoms with Crippen LogP contribution in [0.25, 0.3) is 5.70 Å². The molecule has 1 aromatic rings. The van der Waals surface area contributed by atoms with E-state index in [0.717, 1.165) is 11.3 Å². The number of rotatable bonds is 6. The lowest BCUT2D eigenvalue weighted by Crippen LogP contribution is -1.94. The minimum absolute atomic E-state index is 0.137. The number of ether oxygens (including phenoxy) is 1. The Bertz CT molecular complexity index is 531. The normalized spacial score (nSPS) is 11.5. The number of aliphatic imine (C=N–C) groups is 1. The van der Waals surface area contributed by atoms with Crippen LogP contribution in [0.4, 0.5) is 0 Å². The standard InChI is InChI=1S/C15H18N2O2/c1-4-19-15-7-5-6-13(8-15)11(2)17-10-14(9-16)12(3)18/h5-10,18H,2-4,16H2,1H3/b14-9+,17-10-. The number of allylic oxidation sites excluding steroid dienone is 1. The molecule has 0 bridgehead atoms. The Labute approximate surface area is 113 Å². The van der Waals surface area contributed by atoms with E-state index >= 15 is 0 Å². The molecule has 1 rings (SSSR count). The van der Waals surface area contributed by atoms with E-state index in [1.807, 2.05) is 31.2 Å². The summed E-state index contributed by atoms with van der Waals surface area (Å²) in [6, 6.07) is 7.46. The van der Waals surface area contributed by atoms with Crippen LogP contribution in [-0.4, -0.2) is 17.9 Å². The highest BCUT2D eigenvalue weighted by Gasteiger charge is 2.00. The van der Waals surface area contributed by atoms with Gasteiger partial charge in [-0.2, -0.15) is 0 Å². The highest BCUT2D eigenvalue weighted by atomic mass is 16.5. The van der Waals surface area contributed by atoms with Gasteiger partial charge in [-0.05, 0) is 19.1 Å². The minimum Gasteiger partial charge on any atom is -0.508 e. The van der Waals surface area contributed by atoms with Crippen molar-refractivity contribution in [1.29, 1.82) is 0 Å². The molecule has 0 amide bonds. The van der Waals surface area contributed by atoms with Crippen LogP contribution in [-0.2, 0) is 0 Å². The number of aliphatic hydroxyl groups is 1. The molecule has 0 heterocycles. The highest BCUT2D eigenvalue weighted by molar-refractivity contribution is 5.87. The Hall–Kier alpha value is -2.49. The maximum absolute atomic E-state index is 9.23. The van der Waals surface area contributed by atoms with Gasteiger partial charge < -0.3 is 15.6 Å². The fourth-order valence-corrected chi connectivity index (χ4v) is 1.37. The van der Waals surface area contributed by atoms with E-state index in [4.69, 9.17) is 10.5 Å². The summed E-state index contributed by atoms with van der Waals surface area (Å²) in [5, 5.41) is 9.23. The summed E-state index contributed by atoms with van der Waals surface area (Å²) in [4.78, 5) is 4.14. The molecule has 0 radical (unpaired) electrons. The van der Waals surface area contributed by atoms with Gasteiger partial charge in [0.2, 0.25) is 0 Å². The van der Waals surface area contributed by atoms with Crippen molar-refractivity contribution in [3.05, 3.63) is 60.5 Å². The zero-order valence-electron chi connectivity index (χ0n) is 11.0. The number of hydrogen-bond donors (Lipinski definition) is 2. The first-order chi connectivity index (χ1) is 9.08. The lowest BCUT2D eigenvalue weighted by atomic mass is 10.1. The molecule has 4 nitrogen and oxygen atoms in total. The molecule has 0 aliphatic carbocycles. The van der Waals surface area contributed by atoms with Crippen molar-refractivity contribution in [2.75, 3.05) is 6.61 Å². The Kier molecular flexibility index (Phi) is 5.41. The van der Waals surface area contributed by atoms with E-state index in [0.29, 0.717) is 17.9 Å². The number of benzene rings is 1. The van der Waals surface area contributed by atoms with Crippen molar-refractivity contribution in [3.8, 4) is 5.75 Å². The van der Waals surface area contributed by atoms with Crippen molar-refractivity contribution >= 4 is 11.9 Å². The third-order valence-corrected chi connectivity index (χ3v) is 2.35. The second kappa shape index (κ2) is 7.06. The first-order valence-electron chi connectivity index (χ1n) is 5.84. The number of aliphatic hydroxyl groups excluding tert-OH is 1. The molecule has 3 N–H and O–H groups in total. The van der Waals surface area contributed by atoms with Gasteiger partial charge in [-0.1, -0.05) is 25.3 Å². The third-order valence-electron chi connectivity index (χ3n) is 2.35. The van der Waals surface area contributed by atoms with Gasteiger partial charge in [-0.3, -0.25) is 4.99 Å². The molecule has 0 atom stereocenters. The quantitative estimate of drug-likeness (QED) is 0.468. The predicted molar refractivity (Wildman–Crippen MR) is 79.2 cm³/mol. The summed E-state index contributed by atoms with van der Waals surface area (Å²) < 4.78 is 5.40. The molecule has 0 fully saturated rings. The Morgan fingerprint density at radius 3 is 2.79 bits per heavy atom. The van der Waals surface area contributed by atoms with Crippen LogP contribution in [0.5, 0.6) is 5.75 Å². The molecule has 0 aliphatic rings. The highest BCUT2D eigenvalue weighted by Crippen LogP contribution is 2.20. The molecule has 1 aromatic carbocycles. The monoisotopic (exact) mass is 258 g/mol. The molecule has 0 aliphatic heterocycles. The van der Waals surface area contributed by atoms with Gasteiger partial charge in [0.25, 0.3) is 0 Å². The zero-order chi connectivity index (χ0) is 14.3. The van der Waals surface area contributed by atoms with Crippen LogP contribution >= 0.6 is 0 Å². The third kappa shape index (κ3) is 4.35. The predicted octanol–water partition coefficient (Wildman–Crippen LogP) is 3.04.